The number of benzene rings is 1. The van der Waals surface area contributed by atoms with E-state index in [1.165, 1.54) is 0 Å². The number of rotatable bonds is 5. The summed E-state index contributed by atoms with van der Waals surface area (Å²) >= 11 is 0. The van der Waals surface area contributed by atoms with Crippen LogP contribution in [-0.4, -0.2) is 32.2 Å². The van der Waals surface area contributed by atoms with Crippen LogP contribution in [0.3, 0.4) is 0 Å². The lowest BCUT2D eigenvalue weighted by molar-refractivity contribution is 0.450. The van der Waals surface area contributed by atoms with Gasteiger partial charge in [-0.25, -0.2) is 0 Å². The molecular formula is C21H27N3OSi. The molecule has 1 aromatic carbocycles. The van der Waals surface area contributed by atoms with Crippen molar-refractivity contribution < 1.29 is 4.80 Å². The van der Waals surface area contributed by atoms with Crippen LogP contribution in [0.15, 0.2) is 18.2 Å². The molecule has 0 fully saturated rings. The molecule has 0 spiro atoms. The van der Waals surface area contributed by atoms with Crippen molar-refractivity contribution in [3.63, 3.8) is 0 Å². The third-order valence-electron chi connectivity index (χ3n) is 5.39. The van der Waals surface area contributed by atoms with Crippen LogP contribution in [-0.2, 0) is 6.42 Å². The van der Waals surface area contributed by atoms with E-state index in [1.807, 2.05) is 50.3 Å². The zero-order chi connectivity index (χ0) is 19.7. The van der Waals surface area contributed by atoms with Gasteiger partial charge in [0.05, 0.1) is 11.2 Å². The summed E-state index contributed by atoms with van der Waals surface area (Å²) in [6.07, 6.45) is 7.26. The SMILES string of the molecule is C#Cc1cc2ccc(CCC(C)(C)[Si](C)(C)O)nc2c(C#N)c1N(C)C. The Balaban J connectivity index is 2.51. The summed E-state index contributed by atoms with van der Waals surface area (Å²) in [4.78, 5) is 17.1. The first-order chi connectivity index (χ1) is 12.0. The highest BCUT2D eigenvalue weighted by molar-refractivity contribution is 6.72. The molecule has 1 N–H and O–H groups in total. The number of anilines is 1. The molecule has 2 aromatic rings. The van der Waals surface area contributed by atoms with Crippen LogP contribution in [0.2, 0.25) is 18.1 Å². The minimum Gasteiger partial charge on any atom is -0.432 e. The number of hydrogen-bond acceptors (Lipinski definition) is 4. The van der Waals surface area contributed by atoms with Gasteiger partial charge in [0.15, 0.2) is 8.32 Å². The molecule has 136 valence electrons. The Kier molecular flexibility index (Phi) is 5.46. The molecule has 1 heterocycles. The van der Waals surface area contributed by atoms with Gasteiger partial charge in [-0.15, -0.1) is 6.42 Å². The van der Waals surface area contributed by atoms with E-state index < -0.39 is 8.32 Å². The van der Waals surface area contributed by atoms with Gasteiger partial charge in [0.25, 0.3) is 0 Å². The topological polar surface area (TPSA) is 60.2 Å². The second kappa shape index (κ2) is 7.11. The van der Waals surface area contributed by atoms with Gasteiger partial charge in [-0.2, -0.15) is 5.26 Å². The molecule has 0 unspecified atom stereocenters. The zero-order valence-corrected chi connectivity index (χ0v) is 17.5. The van der Waals surface area contributed by atoms with E-state index in [0.29, 0.717) is 16.6 Å². The normalized spacial score (nSPS) is 11.9. The van der Waals surface area contributed by atoms with Crippen LogP contribution in [0.5, 0.6) is 0 Å². The average Bonchev–Trinajstić information content (AvgIpc) is 2.56. The summed E-state index contributed by atoms with van der Waals surface area (Å²) in [6, 6.07) is 8.16. The van der Waals surface area contributed by atoms with E-state index in [9.17, 15) is 10.1 Å². The lowest BCUT2D eigenvalue weighted by Crippen LogP contribution is -2.39. The second-order valence-electron chi connectivity index (χ2n) is 8.12. The fourth-order valence-corrected chi connectivity index (χ4v) is 3.60. The van der Waals surface area contributed by atoms with Crippen molar-refractivity contribution in [3.05, 3.63) is 35.0 Å². The third-order valence-corrected chi connectivity index (χ3v) is 8.95. The number of aryl methyl sites for hydroxylation is 1. The van der Waals surface area contributed by atoms with Gasteiger partial charge in [0, 0.05) is 30.7 Å². The summed E-state index contributed by atoms with van der Waals surface area (Å²) in [5.41, 5.74) is 3.56. The quantitative estimate of drug-likeness (QED) is 0.641. The maximum Gasteiger partial charge on any atom is 0.188 e. The van der Waals surface area contributed by atoms with Crippen molar-refractivity contribution in [2.75, 3.05) is 19.0 Å². The lowest BCUT2D eigenvalue weighted by atomic mass is 10.00. The predicted molar refractivity (Wildman–Crippen MR) is 111 cm³/mol. The monoisotopic (exact) mass is 365 g/mol. The first-order valence-electron chi connectivity index (χ1n) is 8.75. The molecule has 0 aliphatic rings. The molecule has 0 saturated heterocycles. The van der Waals surface area contributed by atoms with Gasteiger partial charge in [-0.1, -0.05) is 25.8 Å². The molecule has 1 aromatic heterocycles. The molecule has 0 aliphatic heterocycles. The van der Waals surface area contributed by atoms with Crippen LogP contribution >= 0.6 is 0 Å². The van der Waals surface area contributed by atoms with Crippen molar-refractivity contribution in [1.82, 2.24) is 4.98 Å². The molecule has 0 atom stereocenters. The molecule has 2 rings (SSSR count). The van der Waals surface area contributed by atoms with Gasteiger partial charge in [0.2, 0.25) is 0 Å². The van der Waals surface area contributed by atoms with E-state index >= 15 is 0 Å². The minimum atomic E-state index is -2.26. The average molecular weight is 366 g/mol. The largest absolute Gasteiger partial charge is 0.432 e. The second-order valence-corrected chi connectivity index (χ2v) is 12.6. The van der Waals surface area contributed by atoms with Crippen LogP contribution in [0.25, 0.3) is 10.9 Å². The molecule has 0 aliphatic carbocycles. The number of hydrogen-bond donors (Lipinski definition) is 1. The number of terminal acetylenes is 1. The minimum absolute atomic E-state index is 0.107. The standard InChI is InChI=1S/C21H27N3OSi/c1-8-15-13-16-9-10-17(11-12-21(2,3)26(6,7)25)23-19(16)18(14-22)20(15)24(4)5/h1,9-10,13,25H,11-12H2,2-7H3. The highest BCUT2D eigenvalue weighted by Crippen LogP contribution is 2.39. The van der Waals surface area contributed by atoms with E-state index in [-0.39, 0.29) is 5.04 Å². The highest BCUT2D eigenvalue weighted by Gasteiger charge is 2.37. The van der Waals surface area contributed by atoms with E-state index in [0.717, 1.165) is 29.6 Å². The van der Waals surface area contributed by atoms with Gasteiger partial charge in [-0.05, 0) is 43.1 Å². The summed E-state index contributed by atoms with van der Waals surface area (Å²) < 4.78 is 0. The van der Waals surface area contributed by atoms with Gasteiger partial charge >= 0.3 is 0 Å². The Morgan fingerprint density at radius 1 is 1.31 bits per heavy atom. The Morgan fingerprint density at radius 2 is 1.96 bits per heavy atom. The van der Waals surface area contributed by atoms with E-state index in [2.05, 4.69) is 25.8 Å². The van der Waals surface area contributed by atoms with Crippen LogP contribution < -0.4 is 4.90 Å². The zero-order valence-electron chi connectivity index (χ0n) is 16.5. The maximum absolute atomic E-state index is 10.5. The molecule has 4 nitrogen and oxygen atoms in total. The Bertz CT molecular complexity index is 912. The highest BCUT2D eigenvalue weighted by atomic mass is 28.4. The number of nitrogens with zero attached hydrogens (tertiary/aromatic N) is 3. The Morgan fingerprint density at radius 3 is 2.46 bits per heavy atom. The Labute approximate surface area is 157 Å². The predicted octanol–water partition coefficient (Wildman–Crippen LogP) is 4.06. The summed E-state index contributed by atoms with van der Waals surface area (Å²) in [5, 5.41) is 10.5. The molecule has 0 saturated carbocycles. The fourth-order valence-electron chi connectivity index (χ4n) is 2.86. The number of aromatic nitrogens is 1. The summed E-state index contributed by atoms with van der Waals surface area (Å²) in [6.45, 7) is 8.17. The van der Waals surface area contributed by atoms with Gasteiger partial charge in [-0.3, -0.25) is 4.98 Å². The van der Waals surface area contributed by atoms with E-state index in [1.54, 1.807) is 0 Å². The van der Waals surface area contributed by atoms with Crippen molar-refractivity contribution in [2.45, 2.75) is 44.8 Å². The van der Waals surface area contributed by atoms with Crippen molar-refractivity contribution in [3.8, 4) is 18.4 Å². The first-order valence-corrected chi connectivity index (χ1v) is 11.7. The molecule has 0 amide bonds. The summed E-state index contributed by atoms with van der Waals surface area (Å²) in [7, 11) is 1.50. The van der Waals surface area contributed by atoms with Crippen molar-refractivity contribution in [1.29, 1.82) is 5.26 Å². The van der Waals surface area contributed by atoms with Gasteiger partial charge < -0.3 is 9.70 Å². The first kappa shape index (κ1) is 20.0. The van der Waals surface area contributed by atoms with Crippen LogP contribution in [0.1, 0.15) is 37.1 Å². The maximum atomic E-state index is 10.5. The van der Waals surface area contributed by atoms with Crippen LogP contribution in [0.4, 0.5) is 5.69 Å². The molecule has 0 bridgehead atoms. The smallest absolute Gasteiger partial charge is 0.188 e. The molecule has 0 radical (unpaired) electrons. The molecule has 5 heteroatoms. The fraction of sp³-hybridized carbons (Fsp3) is 0.429. The lowest BCUT2D eigenvalue weighted by Gasteiger charge is -2.35. The summed E-state index contributed by atoms with van der Waals surface area (Å²) in [5.74, 6) is 2.68. The number of nitriles is 1. The van der Waals surface area contributed by atoms with Crippen LogP contribution in [0, 0.1) is 23.7 Å². The third kappa shape index (κ3) is 3.75. The number of fused-ring (bicyclic) bond motifs is 1. The van der Waals surface area contributed by atoms with Crippen molar-refractivity contribution >= 4 is 24.9 Å². The molecule has 26 heavy (non-hydrogen) atoms. The van der Waals surface area contributed by atoms with Gasteiger partial charge in [0.1, 0.15) is 11.6 Å². The Hall–Kier alpha value is -2.34. The number of pyridine rings is 1. The van der Waals surface area contributed by atoms with Crippen molar-refractivity contribution in [2.24, 2.45) is 0 Å². The van der Waals surface area contributed by atoms with E-state index in [4.69, 9.17) is 11.4 Å². The molecular weight excluding hydrogens is 338 g/mol.